The molecule has 0 aliphatic rings. The van der Waals surface area contributed by atoms with Gasteiger partial charge in [-0.1, -0.05) is 0 Å². The fourth-order valence-corrected chi connectivity index (χ4v) is 1.30. The number of aromatic nitrogens is 4. The van der Waals surface area contributed by atoms with Crippen LogP contribution in [0.1, 0.15) is 0 Å². The molecule has 3 aromatic heterocycles. The molecule has 0 unspecified atom stereocenters. The first kappa shape index (κ1) is 7.98. The second-order valence-electron chi connectivity index (χ2n) is 2.90. The molecular weight excluding hydrogens is 194 g/mol. The third-order valence-electron chi connectivity index (χ3n) is 1.95. The van der Waals surface area contributed by atoms with Crippen LogP contribution < -0.4 is 5.32 Å². The molecule has 3 rings (SSSR count). The summed E-state index contributed by atoms with van der Waals surface area (Å²) in [5.41, 5.74) is 0.735. The van der Waals surface area contributed by atoms with Crippen LogP contribution in [0.25, 0.3) is 5.65 Å². The van der Waals surface area contributed by atoms with Crippen molar-refractivity contribution in [1.29, 1.82) is 0 Å². The minimum atomic E-state index is 0.569. The summed E-state index contributed by atoms with van der Waals surface area (Å²) in [6.07, 6.45) is 4.73. The smallest absolute Gasteiger partial charge is 0.234 e. The lowest BCUT2D eigenvalue weighted by Gasteiger charge is -2.02. The van der Waals surface area contributed by atoms with E-state index in [1.54, 1.807) is 35.2 Å². The van der Waals surface area contributed by atoms with Crippen molar-refractivity contribution in [3.05, 3.63) is 37.0 Å². The van der Waals surface area contributed by atoms with E-state index in [1.165, 1.54) is 6.33 Å². The van der Waals surface area contributed by atoms with Crippen molar-refractivity contribution in [2.75, 3.05) is 5.32 Å². The molecule has 0 saturated carbocycles. The summed E-state index contributed by atoms with van der Waals surface area (Å²) >= 11 is 0. The fraction of sp³-hybridized carbons (Fsp3) is 0. The van der Waals surface area contributed by atoms with Crippen LogP contribution in [0, 0.1) is 0 Å². The third kappa shape index (κ3) is 1.32. The van der Waals surface area contributed by atoms with E-state index in [9.17, 15) is 0 Å². The molecule has 6 nitrogen and oxygen atoms in total. The van der Waals surface area contributed by atoms with Crippen LogP contribution in [-0.4, -0.2) is 19.6 Å². The number of furan rings is 1. The summed E-state index contributed by atoms with van der Waals surface area (Å²) in [4.78, 5) is 8.12. The zero-order valence-electron chi connectivity index (χ0n) is 7.66. The molecule has 3 aromatic rings. The van der Waals surface area contributed by atoms with Gasteiger partial charge in [0.1, 0.15) is 6.33 Å². The van der Waals surface area contributed by atoms with Crippen molar-refractivity contribution in [2.45, 2.75) is 0 Å². The minimum Gasteiger partial charge on any atom is -0.449 e. The van der Waals surface area contributed by atoms with Gasteiger partial charge in [0, 0.05) is 12.1 Å². The molecular formula is C9H7N5O. The lowest BCUT2D eigenvalue weighted by atomic mass is 10.6. The number of nitrogens with one attached hydrogen (secondary N) is 1. The molecule has 74 valence electrons. The average Bonchev–Trinajstić information content (AvgIpc) is 2.87. The number of hydrogen-bond acceptors (Lipinski definition) is 5. The quantitative estimate of drug-likeness (QED) is 0.679. The Bertz CT molecular complexity index is 571. The van der Waals surface area contributed by atoms with Crippen LogP contribution in [0.3, 0.4) is 0 Å². The molecule has 0 fully saturated rings. The molecule has 0 radical (unpaired) electrons. The lowest BCUT2D eigenvalue weighted by molar-refractivity contribution is 0.583. The Morgan fingerprint density at radius 1 is 1.27 bits per heavy atom. The number of anilines is 2. The number of nitrogens with zero attached hydrogens (tertiary/aromatic N) is 4. The normalized spacial score (nSPS) is 10.7. The first-order valence-electron chi connectivity index (χ1n) is 4.39. The van der Waals surface area contributed by atoms with Gasteiger partial charge in [-0.05, 0) is 6.07 Å². The fourth-order valence-electron chi connectivity index (χ4n) is 1.30. The SMILES string of the molecule is c1coc(Nc2ncnc3ccnn23)c1. The van der Waals surface area contributed by atoms with E-state index >= 15 is 0 Å². The Kier molecular flexibility index (Phi) is 1.64. The third-order valence-corrected chi connectivity index (χ3v) is 1.95. The van der Waals surface area contributed by atoms with Crippen LogP contribution >= 0.6 is 0 Å². The predicted molar refractivity (Wildman–Crippen MR) is 52.8 cm³/mol. The highest BCUT2D eigenvalue weighted by Crippen LogP contribution is 2.14. The van der Waals surface area contributed by atoms with Crippen LogP contribution in [-0.2, 0) is 0 Å². The standard InChI is InChI=1S/C9H7N5O/c1-2-8(15-5-1)13-9-11-6-10-7-3-4-12-14(7)9/h1-6H,(H,10,11,13). The molecule has 0 atom stereocenters. The maximum atomic E-state index is 5.15. The molecule has 0 amide bonds. The predicted octanol–water partition coefficient (Wildman–Crippen LogP) is 1.46. The molecule has 3 heterocycles. The van der Waals surface area contributed by atoms with E-state index in [1.807, 2.05) is 0 Å². The van der Waals surface area contributed by atoms with Gasteiger partial charge in [-0.15, -0.1) is 0 Å². The first-order valence-corrected chi connectivity index (χ1v) is 4.39. The summed E-state index contributed by atoms with van der Waals surface area (Å²) in [6.45, 7) is 0. The Balaban J connectivity index is 2.07. The van der Waals surface area contributed by atoms with Crippen molar-refractivity contribution in [3.8, 4) is 0 Å². The van der Waals surface area contributed by atoms with Gasteiger partial charge < -0.3 is 4.42 Å². The van der Waals surface area contributed by atoms with Crippen LogP contribution in [0.5, 0.6) is 0 Å². The van der Waals surface area contributed by atoms with E-state index in [-0.39, 0.29) is 0 Å². The van der Waals surface area contributed by atoms with Crippen molar-refractivity contribution >= 4 is 17.5 Å². The molecule has 0 aliphatic heterocycles. The summed E-state index contributed by atoms with van der Waals surface area (Å²) < 4.78 is 6.75. The van der Waals surface area contributed by atoms with Crippen molar-refractivity contribution in [3.63, 3.8) is 0 Å². The van der Waals surface area contributed by atoms with Crippen molar-refractivity contribution < 1.29 is 4.42 Å². The zero-order valence-corrected chi connectivity index (χ0v) is 7.66. The second kappa shape index (κ2) is 3.09. The molecule has 0 saturated heterocycles. The van der Waals surface area contributed by atoms with Gasteiger partial charge >= 0.3 is 0 Å². The first-order chi connectivity index (χ1) is 7.43. The maximum absolute atomic E-state index is 5.15. The van der Waals surface area contributed by atoms with E-state index in [0.717, 1.165) is 5.65 Å². The molecule has 0 bridgehead atoms. The van der Waals surface area contributed by atoms with Crippen LogP contribution in [0.4, 0.5) is 11.8 Å². The summed E-state index contributed by atoms with van der Waals surface area (Å²) in [7, 11) is 0. The van der Waals surface area contributed by atoms with E-state index in [4.69, 9.17) is 4.42 Å². The second-order valence-corrected chi connectivity index (χ2v) is 2.90. The van der Waals surface area contributed by atoms with Crippen LogP contribution in [0.2, 0.25) is 0 Å². The highest BCUT2D eigenvalue weighted by Gasteiger charge is 2.04. The number of rotatable bonds is 2. The Labute approximate surface area is 84.6 Å². The monoisotopic (exact) mass is 201 g/mol. The van der Waals surface area contributed by atoms with Gasteiger partial charge in [-0.3, -0.25) is 5.32 Å². The highest BCUT2D eigenvalue weighted by molar-refractivity contribution is 5.49. The van der Waals surface area contributed by atoms with E-state index in [2.05, 4.69) is 20.4 Å². The van der Waals surface area contributed by atoms with E-state index < -0.39 is 0 Å². The Morgan fingerprint density at radius 2 is 2.27 bits per heavy atom. The summed E-state index contributed by atoms with van der Waals surface area (Å²) in [6, 6.07) is 5.40. The molecule has 0 spiro atoms. The Hall–Kier alpha value is -2.37. The van der Waals surface area contributed by atoms with Gasteiger partial charge in [-0.25, -0.2) is 9.97 Å². The molecule has 15 heavy (non-hydrogen) atoms. The summed E-state index contributed by atoms with van der Waals surface area (Å²) in [5, 5.41) is 7.08. The number of fused-ring (bicyclic) bond motifs is 1. The van der Waals surface area contributed by atoms with Gasteiger partial charge in [0.25, 0.3) is 0 Å². The topological polar surface area (TPSA) is 68.2 Å². The molecule has 1 N–H and O–H groups in total. The molecule has 0 aliphatic carbocycles. The van der Waals surface area contributed by atoms with Crippen LogP contribution in [0.15, 0.2) is 41.4 Å². The average molecular weight is 201 g/mol. The van der Waals surface area contributed by atoms with E-state index in [0.29, 0.717) is 11.8 Å². The van der Waals surface area contributed by atoms with Crippen molar-refractivity contribution in [2.24, 2.45) is 0 Å². The summed E-state index contributed by atoms with van der Waals surface area (Å²) in [5.74, 6) is 1.19. The molecule has 0 aromatic carbocycles. The lowest BCUT2D eigenvalue weighted by Crippen LogP contribution is -2.02. The highest BCUT2D eigenvalue weighted by atomic mass is 16.3. The van der Waals surface area contributed by atoms with Gasteiger partial charge in [0.15, 0.2) is 11.5 Å². The minimum absolute atomic E-state index is 0.569. The largest absolute Gasteiger partial charge is 0.449 e. The molecule has 6 heteroatoms. The van der Waals surface area contributed by atoms with Gasteiger partial charge in [-0.2, -0.15) is 9.61 Å². The Morgan fingerprint density at radius 3 is 3.13 bits per heavy atom. The van der Waals surface area contributed by atoms with Gasteiger partial charge in [0.2, 0.25) is 5.95 Å². The number of hydrogen-bond donors (Lipinski definition) is 1. The zero-order chi connectivity index (χ0) is 10.1. The van der Waals surface area contributed by atoms with Crippen molar-refractivity contribution in [1.82, 2.24) is 19.6 Å². The maximum Gasteiger partial charge on any atom is 0.234 e. The van der Waals surface area contributed by atoms with Gasteiger partial charge in [0.05, 0.1) is 12.5 Å².